The molecule has 154 valence electrons. The second-order valence-electron chi connectivity index (χ2n) is 7.55. The summed E-state index contributed by atoms with van der Waals surface area (Å²) in [7, 11) is 0. The largest absolute Gasteiger partial charge is 0.346 e. The Kier molecular flexibility index (Phi) is 5.31. The number of carbonyl (C=O) groups excluding carboxylic acids is 2. The standard InChI is InChI=1S/C22H21FN4O3/c1-13(2)18-20(28)24-17(14-6-4-3-5-7-14)12-27(18)22(29)19-25-21(30-26-19)15-8-10-16(23)11-9-15/h3-11,13,17-18H,12H2,1-2H3,(H,24,28)/t17-,18+/m1/s1. The molecular weight excluding hydrogens is 387 g/mol. The van der Waals surface area contributed by atoms with E-state index in [4.69, 9.17) is 4.52 Å². The van der Waals surface area contributed by atoms with Gasteiger partial charge in [0.25, 0.3) is 17.6 Å². The normalized spacial score (nSPS) is 19.1. The van der Waals surface area contributed by atoms with E-state index in [-0.39, 0.29) is 41.9 Å². The number of nitrogens with zero attached hydrogens (tertiary/aromatic N) is 3. The lowest BCUT2D eigenvalue weighted by atomic mass is 9.94. The third-order valence-electron chi connectivity index (χ3n) is 5.10. The Morgan fingerprint density at radius 3 is 2.53 bits per heavy atom. The highest BCUT2D eigenvalue weighted by Gasteiger charge is 2.41. The molecule has 2 atom stereocenters. The summed E-state index contributed by atoms with van der Waals surface area (Å²) in [6, 6.07) is 14.0. The van der Waals surface area contributed by atoms with Gasteiger partial charge in [-0.15, -0.1) is 0 Å². The minimum Gasteiger partial charge on any atom is -0.346 e. The minimum atomic E-state index is -0.648. The van der Waals surface area contributed by atoms with E-state index in [0.717, 1.165) is 5.56 Å². The summed E-state index contributed by atoms with van der Waals surface area (Å²) >= 11 is 0. The molecule has 3 aromatic rings. The number of amides is 2. The number of nitrogens with one attached hydrogen (secondary N) is 1. The zero-order valence-electron chi connectivity index (χ0n) is 16.6. The van der Waals surface area contributed by atoms with Gasteiger partial charge in [-0.1, -0.05) is 49.3 Å². The maximum Gasteiger partial charge on any atom is 0.296 e. The molecule has 8 heteroatoms. The van der Waals surface area contributed by atoms with Crippen molar-refractivity contribution in [3.63, 3.8) is 0 Å². The van der Waals surface area contributed by atoms with Crippen LogP contribution < -0.4 is 5.32 Å². The lowest BCUT2D eigenvalue weighted by Gasteiger charge is -2.40. The Morgan fingerprint density at radius 1 is 1.17 bits per heavy atom. The molecule has 2 heterocycles. The van der Waals surface area contributed by atoms with Crippen LogP contribution in [0.25, 0.3) is 11.5 Å². The molecule has 4 rings (SSSR count). The summed E-state index contributed by atoms with van der Waals surface area (Å²) in [6.07, 6.45) is 0. The van der Waals surface area contributed by atoms with Crippen molar-refractivity contribution >= 4 is 11.8 Å². The summed E-state index contributed by atoms with van der Waals surface area (Å²) in [5.74, 6) is -1.22. The molecule has 30 heavy (non-hydrogen) atoms. The first kappa shape index (κ1) is 19.8. The third kappa shape index (κ3) is 3.80. The van der Waals surface area contributed by atoms with Gasteiger partial charge in [0.1, 0.15) is 11.9 Å². The molecule has 0 unspecified atom stereocenters. The number of hydrogen-bond acceptors (Lipinski definition) is 5. The topological polar surface area (TPSA) is 88.3 Å². The molecule has 1 aliphatic rings. The van der Waals surface area contributed by atoms with E-state index in [0.29, 0.717) is 5.56 Å². The summed E-state index contributed by atoms with van der Waals surface area (Å²) in [4.78, 5) is 31.7. The van der Waals surface area contributed by atoms with Crippen LogP contribution in [0.3, 0.4) is 0 Å². The number of halogens is 1. The van der Waals surface area contributed by atoms with Gasteiger partial charge in [-0.25, -0.2) is 4.39 Å². The summed E-state index contributed by atoms with van der Waals surface area (Å²) < 4.78 is 18.4. The van der Waals surface area contributed by atoms with Crippen LogP contribution in [0.4, 0.5) is 4.39 Å². The maximum absolute atomic E-state index is 13.2. The SMILES string of the molecule is CC(C)[C@H]1C(=O)N[C@@H](c2ccccc2)CN1C(=O)c1noc(-c2ccc(F)cc2)n1. The zero-order chi connectivity index (χ0) is 21.3. The Hall–Kier alpha value is -3.55. The number of carbonyl (C=O) groups is 2. The molecule has 0 saturated carbocycles. The van der Waals surface area contributed by atoms with Crippen LogP contribution in [0, 0.1) is 11.7 Å². The molecule has 1 aliphatic heterocycles. The van der Waals surface area contributed by atoms with Gasteiger partial charge in [0.05, 0.1) is 6.04 Å². The average Bonchev–Trinajstić information content (AvgIpc) is 3.23. The molecule has 1 fully saturated rings. The van der Waals surface area contributed by atoms with Crippen molar-refractivity contribution in [1.82, 2.24) is 20.4 Å². The highest BCUT2D eigenvalue weighted by molar-refractivity contribution is 5.96. The molecular formula is C22H21FN4O3. The van der Waals surface area contributed by atoms with Gasteiger partial charge < -0.3 is 14.7 Å². The predicted octanol–water partition coefficient (Wildman–Crippen LogP) is 3.21. The van der Waals surface area contributed by atoms with E-state index in [1.54, 1.807) is 0 Å². The molecule has 2 aromatic carbocycles. The van der Waals surface area contributed by atoms with Crippen molar-refractivity contribution in [3.8, 4) is 11.5 Å². The molecule has 1 aromatic heterocycles. The van der Waals surface area contributed by atoms with E-state index < -0.39 is 11.9 Å². The van der Waals surface area contributed by atoms with Crippen LogP contribution in [0.2, 0.25) is 0 Å². The fraction of sp³-hybridized carbons (Fsp3) is 0.273. The molecule has 0 bridgehead atoms. The lowest BCUT2D eigenvalue weighted by Crippen LogP contribution is -2.60. The van der Waals surface area contributed by atoms with Crippen LogP contribution >= 0.6 is 0 Å². The van der Waals surface area contributed by atoms with Crippen LogP contribution in [0.5, 0.6) is 0 Å². The highest BCUT2D eigenvalue weighted by atomic mass is 19.1. The van der Waals surface area contributed by atoms with E-state index in [1.165, 1.54) is 29.2 Å². The van der Waals surface area contributed by atoms with E-state index in [1.807, 2.05) is 44.2 Å². The summed E-state index contributed by atoms with van der Waals surface area (Å²) in [5, 5.41) is 6.81. The number of aromatic nitrogens is 2. The molecule has 1 N–H and O–H groups in total. The first-order chi connectivity index (χ1) is 14.4. The van der Waals surface area contributed by atoms with Crippen LogP contribution in [-0.4, -0.2) is 39.4 Å². The van der Waals surface area contributed by atoms with Crippen LogP contribution in [0.15, 0.2) is 59.1 Å². The Labute approximate surface area is 172 Å². The number of benzene rings is 2. The summed E-state index contributed by atoms with van der Waals surface area (Å²) in [5.41, 5.74) is 1.41. The Morgan fingerprint density at radius 2 is 1.87 bits per heavy atom. The first-order valence-electron chi connectivity index (χ1n) is 9.70. The van der Waals surface area contributed by atoms with E-state index in [9.17, 15) is 14.0 Å². The second kappa shape index (κ2) is 8.06. The van der Waals surface area contributed by atoms with Gasteiger partial charge in [0.15, 0.2) is 0 Å². The van der Waals surface area contributed by atoms with Gasteiger partial charge in [0.2, 0.25) is 5.91 Å². The van der Waals surface area contributed by atoms with E-state index >= 15 is 0 Å². The monoisotopic (exact) mass is 408 g/mol. The Balaban J connectivity index is 1.63. The average molecular weight is 408 g/mol. The van der Waals surface area contributed by atoms with Gasteiger partial charge >= 0.3 is 0 Å². The van der Waals surface area contributed by atoms with Gasteiger partial charge in [-0.3, -0.25) is 9.59 Å². The van der Waals surface area contributed by atoms with Crippen molar-refractivity contribution in [2.75, 3.05) is 6.54 Å². The van der Waals surface area contributed by atoms with Gasteiger partial charge in [-0.2, -0.15) is 4.98 Å². The van der Waals surface area contributed by atoms with Crippen molar-refractivity contribution in [1.29, 1.82) is 0 Å². The fourth-order valence-electron chi connectivity index (χ4n) is 3.65. The molecule has 0 radical (unpaired) electrons. The number of hydrogen-bond donors (Lipinski definition) is 1. The fourth-order valence-corrected chi connectivity index (χ4v) is 3.65. The smallest absolute Gasteiger partial charge is 0.296 e. The van der Waals surface area contributed by atoms with Crippen molar-refractivity contribution in [3.05, 3.63) is 71.8 Å². The second-order valence-corrected chi connectivity index (χ2v) is 7.55. The predicted molar refractivity (Wildman–Crippen MR) is 107 cm³/mol. The minimum absolute atomic E-state index is 0.103. The van der Waals surface area contributed by atoms with E-state index in [2.05, 4.69) is 15.5 Å². The van der Waals surface area contributed by atoms with Gasteiger partial charge in [-0.05, 0) is 35.7 Å². The number of rotatable bonds is 4. The van der Waals surface area contributed by atoms with Crippen LogP contribution in [-0.2, 0) is 4.79 Å². The maximum atomic E-state index is 13.2. The van der Waals surface area contributed by atoms with Crippen molar-refractivity contribution < 1.29 is 18.5 Å². The highest BCUT2D eigenvalue weighted by Crippen LogP contribution is 2.26. The first-order valence-corrected chi connectivity index (χ1v) is 9.70. The summed E-state index contributed by atoms with van der Waals surface area (Å²) in [6.45, 7) is 4.05. The van der Waals surface area contributed by atoms with Gasteiger partial charge in [0, 0.05) is 12.1 Å². The molecule has 0 aliphatic carbocycles. The molecule has 7 nitrogen and oxygen atoms in total. The zero-order valence-corrected chi connectivity index (χ0v) is 16.6. The third-order valence-corrected chi connectivity index (χ3v) is 5.10. The number of piperazine rings is 1. The lowest BCUT2D eigenvalue weighted by molar-refractivity contribution is -0.131. The van der Waals surface area contributed by atoms with Crippen molar-refractivity contribution in [2.45, 2.75) is 25.9 Å². The Bertz CT molecular complexity index is 1050. The molecule has 2 amide bonds. The quantitative estimate of drug-likeness (QED) is 0.716. The van der Waals surface area contributed by atoms with Crippen molar-refractivity contribution in [2.24, 2.45) is 5.92 Å². The van der Waals surface area contributed by atoms with Crippen LogP contribution in [0.1, 0.15) is 36.1 Å². The molecule has 1 saturated heterocycles. The molecule has 0 spiro atoms.